The molecule has 2 aromatic heterocycles. The van der Waals surface area contributed by atoms with Crippen molar-refractivity contribution in [3.8, 4) is 5.75 Å². The van der Waals surface area contributed by atoms with Crippen molar-refractivity contribution in [3.63, 3.8) is 0 Å². The van der Waals surface area contributed by atoms with Crippen LogP contribution in [0.2, 0.25) is 0 Å². The Hall–Kier alpha value is -3.70. The molecule has 2 aromatic carbocycles. The van der Waals surface area contributed by atoms with Gasteiger partial charge in [-0.3, -0.25) is 10.5 Å². The lowest BCUT2D eigenvalue weighted by Crippen LogP contribution is -2.30. The molecule has 4 N–H and O–H groups in total. The second-order valence-corrected chi connectivity index (χ2v) is 7.60. The molecular weight excluding hydrogens is 394 g/mol. The molecule has 0 saturated heterocycles. The lowest BCUT2D eigenvalue weighted by atomic mass is 10.2. The van der Waals surface area contributed by atoms with Crippen LogP contribution in [0.25, 0.3) is 10.9 Å². The number of sulfonamides is 1. The lowest BCUT2D eigenvalue weighted by Gasteiger charge is -2.09. The highest BCUT2D eigenvalue weighted by molar-refractivity contribution is 7.89. The van der Waals surface area contributed by atoms with Crippen LogP contribution in [0, 0.1) is 0 Å². The van der Waals surface area contributed by atoms with Crippen molar-refractivity contribution < 1.29 is 13.2 Å². The predicted molar refractivity (Wildman–Crippen MR) is 108 cm³/mol. The normalized spacial score (nSPS) is 11.3. The van der Waals surface area contributed by atoms with E-state index in [-0.39, 0.29) is 10.8 Å². The van der Waals surface area contributed by atoms with E-state index in [1.807, 2.05) is 18.2 Å². The number of hydrazine groups is 1. The van der Waals surface area contributed by atoms with Gasteiger partial charge in [-0.15, -0.1) is 4.83 Å². The van der Waals surface area contributed by atoms with Gasteiger partial charge in [-0.05, 0) is 36.4 Å². The van der Waals surface area contributed by atoms with E-state index in [9.17, 15) is 8.42 Å². The molecule has 0 aliphatic heterocycles. The minimum Gasteiger partial charge on any atom is -0.497 e. The van der Waals surface area contributed by atoms with Gasteiger partial charge < -0.3 is 10.1 Å². The molecule has 0 bridgehead atoms. The van der Waals surface area contributed by atoms with E-state index < -0.39 is 10.0 Å². The van der Waals surface area contributed by atoms with Gasteiger partial charge in [-0.2, -0.15) is 10.1 Å². The van der Waals surface area contributed by atoms with Crippen LogP contribution in [0.1, 0.15) is 0 Å². The van der Waals surface area contributed by atoms with Gasteiger partial charge in [-0.25, -0.2) is 13.4 Å². The van der Waals surface area contributed by atoms with Gasteiger partial charge in [0.15, 0.2) is 5.82 Å². The zero-order valence-corrected chi connectivity index (χ0v) is 16.1. The number of nitrogens with zero attached hydrogens (tertiary/aromatic N) is 3. The quantitative estimate of drug-likeness (QED) is 0.341. The summed E-state index contributed by atoms with van der Waals surface area (Å²) in [5.74, 6) is 1.75. The molecule has 0 spiro atoms. The first-order valence-corrected chi connectivity index (χ1v) is 9.98. The van der Waals surface area contributed by atoms with Crippen molar-refractivity contribution in [2.45, 2.75) is 4.90 Å². The molecule has 10 nitrogen and oxygen atoms in total. The largest absolute Gasteiger partial charge is 0.497 e. The number of ether oxygens (including phenoxy) is 1. The minimum absolute atomic E-state index is 0.0759. The van der Waals surface area contributed by atoms with Gasteiger partial charge >= 0.3 is 0 Å². The van der Waals surface area contributed by atoms with Crippen LogP contribution < -0.4 is 20.3 Å². The summed E-state index contributed by atoms with van der Waals surface area (Å²) in [5.41, 5.74) is 3.34. The molecule has 0 amide bonds. The van der Waals surface area contributed by atoms with Gasteiger partial charge in [0.2, 0.25) is 5.95 Å². The Labute approximate surface area is 166 Å². The summed E-state index contributed by atoms with van der Waals surface area (Å²) in [6, 6.07) is 15.1. The highest BCUT2D eigenvalue weighted by Crippen LogP contribution is 2.27. The first kappa shape index (κ1) is 18.7. The monoisotopic (exact) mass is 411 g/mol. The number of aromatic nitrogens is 4. The number of rotatable bonds is 7. The minimum atomic E-state index is -3.75. The number of nitrogens with one attached hydrogen (secondary N) is 4. The molecule has 4 aromatic rings. The second kappa shape index (κ2) is 7.73. The van der Waals surface area contributed by atoms with Crippen molar-refractivity contribution in [2.75, 3.05) is 17.9 Å². The van der Waals surface area contributed by atoms with Crippen LogP contribution in [0.15, 0.2) is 65.7 Å². The molecule has 2 heterocycles. The fourth-order valence-electron chi connectivity index (χ4n) is 2.60. The number of benzene rings is 2. The topological polar surface area (TPSA) is 134 Å². The van der Waals surface area contributed by atoms with E-state index in [2.05, 4.69) is 35.7 Å². The third-order valence-electron chi connectivity index (χ3n) is 4.02. The Balaban J connectivity index is 1.51. The average molecular weight is 411 g/mol. The van der Waals surface area contributed by atoms with Crippen LogP contribution in [0.3, 0.4) is 0 Å². The molecule has 4 rings (SSSR count). The van der Waals surface area contributed by atoms with Gasteiger partial charge in [0, 0.05) is 11.6 Å². The molecule has 0 radical (unpaired) electrons. The third-order valence-corrected chi connectivity index (χ3v) is 5.29. The molecule has 11 heteroatoms. The summed E-state index contributed by atoms with van der Waals surface area (Å²) in [4.78, 5) is 10.6. The summed E-state index contributed by atoms with van der Waals surface area (Å²) in [5, 5.41) is 11.1. The number of hydrogen-bond donors (Lipinski definition) is 4. The van der Waals surface area contributed by atoms with E-state index in [4.69, 9.17) is 4.74 Å². The van der Waals surface area contributed by atoms with Crippen LogP contribution >= 0.6 is 0 Å². The molecule has 0 unspecified atom stereocenters. The molecule has 29 heavy (non-hydrogen) atoms. The third kappa shape index (κ3) is 4.10. The van der Waals surface area contributed by atoms with E-state index >= 15 is 0 Å². The number of H-pyrrole nitrogens is 1. The van der Waals surface area contributed by atoms with Gasteiger partial charge in [0.05, 0.1) is 17.5 Å². The SMILES string of the molecule is COc1ccc2[nH]nc(Nc3ccnc(NNS(=O)(=O)c4ccccc4)n3)c2c1. The summed E-state index contributed by atoms with van der Waals surface area (Å²) in [6.45, 7) is 0. The van der Waals surface area contributed by atoms with Gasteiger partial charge in [0.1, 0.15) is 11.6 Å². The van der Waals surface area contributed by atoms with Crippen LogP contribution in [0.5, 0.6) is 5.75 Å². The first-order valence-electron chi connectivity index (χ1n) is 8.50. The Morgan fingerprint density at radius 3 is 2.69 bits per heavy atom. The Kier molecular flexibility index (Phi) is 4.97. The number of fused-ring (bicyclic) bond motifs is 1. The van der Waals surface area contributed by atoms with Crippen molar-refractivity contribution in [2.24, 2.45) is 0 Å². The van der Waals surface area contributed by atoms with Crippen molar-refractivity contribution in [1.82, 2.24) is 25.0 Å². The molecule has 0 aliphatic carbocycles. The van der Waals surface area contributed by atoms with Crippen molar-refractivity contribution in [1.29, 1.82) is 0 Å². The number of anilines is 3. The summed E-state index contributed by atoms with van der Waals surface area (Å²) in [6.07, 6.45) is 1.49. The maximum absolute atomic E-state index is 12.3. The highest BCUT2D eigenvalue weighted by Gasteiger charge is 2.14. The molecular formula is C18H17N7O3S. The standard InChI is InChI=1S/C18H17N7O3S/c1-28-12-7-8-15-14(11-12)17(23-22-15)20-16-9-10-19-18(21-16)24-25-29(26,27)13-5-3-2-4-6-13/h2-11,25H,1H3,(H3,19,20,21,22,23,24). The first-order chi connectivity index (χ1) is 14.0. The Morgan fingerprint density at radius 2 is 1.90 bits per heavy atom. The van der Waals surface area contributed by atoms with Gasteiger partial charge in [-0.1, -0.05) is 18.2 Å². The van der Waals surface area contributed by atoms with E-state index in [1.165, 1.54) is 18.3 Å². The molecule has 0 fully saturated rings. The fourth-order valence-corrected chi connectivity index (χ4v) is 3.46. The number of methoxy groups -OCH3 is 1. The molecule has 0 aliphatic rings. The predicted octanol–water partition coefficient (Wildman–Crippen LogP) is 2.41. The lowest BCUT2D eigenvalue weighted by molar-refractivity contribution is 0.415. The summed E-state index contributed by atoms with van der Waals surface area (Å²) < 4.78 is 29.8. The van der Waals surface area contributed by atoms with Gasteiger partial charge in [0.25, 0.3) is 10.0 Å². The van der Waals surface area contributed by atoms with Crippen molar-refractivity contribution in [3.05, 3.63) is 60.8 Å². The zero-order valence-electron chi connectivity index (χ0n) is 15.2. The summed E-state index contributed by atoms with van der Waals surface area (Å²) >= 11 is 0. The number of hydrogen-bond acceptors (Lipinski definition) is 8. The zero-order chi connectivity index (χ0) is 20.3. The smallest absolute Gasteiger partial charge is 0.257 e. The molecule has 0 atom stereocenters. The molecule has 148 valence electrons. The average Bonchev–Trinajstić information content (AvgIpc) is 3.15. The van der Waals surface area contributed by atoms with E-state index in [1.54, 1.807) is 31.4 Å². The Bertz CT molecular complexity index is 1240. The summed E-state index contributed by atoms with van der Waals surface area (Å²) in [7, 11) is -2.16. The van der Waals surface area contributed by atoms with Crippen molar-refractivity contribution >= 4 is 38.5 Å². The Morgan fingerprint density at radius 1 is 1.07 bits per heavy atom. The molecule has 0 saturated carbocycles. The maximum Gasteiger partial charge on any atom is 0.257 e. The fraction of sp³-hybridized carbons (Fsp3) is 0.0556. The van der Waals surface area contributed by atoms with Crippen LogP contribution in [-0.4, -0.2) is 35.7 Å². The highest BCUT2D eigenvalue weighted by atomic mass is 32.2. The number of aromatic amines is 1. The van der Waals surface area contributed by atoms with E-state index in [0.717, 1.165) is 10.9 Å². The van der Waals surface area contributed by atoms with Crippen LogP contribution in [0.4, 0.5) is 17.6 Å². The maximum atomic E-state index is 12.3. The van der Waals surface area contributed by atoms with E-state index in [0.29, 0.717) is 17.4 Å². The van der Waals surface area contributed by atoms with Crippen LogP contribution in [-0.2, 0) is 10.0 Å². The second-order valence-electron chi connectivity index (χ2n) is 5.92.